The van der Waals surface area contributed by atoms with E-state index in [0.29, 0.717) is 6.04 Å². The summed E-state index contributed by atoms with van der Waals surface area (Å²) in [6.07, 6.45) is 19.4. The maximum Gasteiger partial charge on any atom is 0.0949 e. The van der Waals surface area contributed by atoms with Crippen molar-refractivity contribution in [3.8, 4) is 0 Å². The standard InChI is InChI=1S/C18H34N2O/c1-3-4-5-6-7-8-9-10-11-12-15-21-16-18(2)20-14-13-19-17-20/h13-14,17-18H,3-12,15-16H2,1-2H3/t18-/m0/s1. The third-order valence-corrected chi connectivity index (χ3v) is 4.04. The molecule has 1 rings (SSSR count). The quantitative estimate of drug-likeness (QED) is 0.431. The van der Waals surface area contributed by atoms with E-state index in [2.05, 4.69) is 23.4 Å². The summed E-state index contributed by atoms with van der Waals surface area (Å²) in [6.45, 7) is 6.13. The van der Waals surface area contributed by atoms with Gasteiger partial charge < -0.3 is 9.30 Å². The predicted molar refractivity (Wildman–Crippen MR) is 89.6 cm³/mol. The highest BCUT2D eigenvalue weighted by Crippen LogP contribution is 2.11. The molecule has 1 heterocycles. The predicted octanol–water partition coefficient (Wildman–Crippen LogP) is 5.38. The minimum Gasteiger partial charge on any atom is -0.379 e. The molecule has 0 N–H and O–H groups in total. The Kier molecular flexibility index (Phi) is 11.2. The van der Waals surface area contributed by atoms with E-state index < -0.39 is 0 Å². The van der Waals surface area contributed by atoms with Gasteiger partial charge in [-0.25, -0.2) is 4.98 Å². The van der Waals surface area contributed by atoms with Crippen LogP contribution in [-0.4, -0.2) is 22.8 Å². The fourth-order valence-corrected chi connectivity index (χ4v) is 2.56. The molecule has 1 atom stereocenters. The van der Waals surface area contributed by atoms with Gasteiger partial charge in [0, 0.05) is 19.0 Å². The topological polar surface area (TPSA) is 27.1 Å². The molecule has 0 bridgehead atoms. The first-order valence-electron chi connectivity index (χ1n) is 8.89. The van der Waals surface area contributed by atoms with Crippen molar-refractivity contribution in [2.45, 2.75) is 84.1 Å². The zero-order valence-electron chi connectivity index (χ0n) is 14.1. The van der Waals surface area contributed by atoms with Crippen LogP contribution in [0, 0.1) is 0 Å². The van der Waals surface area contributed by atoms with E-state index in [4.69, 9.17) is 4.74 Å². The number of nitrogens with zero attached hydrogens (tertiary/aromatic N) is 2. The number of unbranched alkanes of at least 4 members (excludes halogenated alkanes) is 9. The smallest absolute Gasteiger partial charge is 0.0949 e. The SMILES string of the molecule is CCCCCCCCCCCCOC[C@H](C)n1ccnc1. The second-order valence-corrected chi connectivity index (χ2v) is 6.12. The third-order valence-electron chi connectivity index (χ3n) is 4.04. The lowest BCUT2D eigenvalue weighted by Crippen LogP contribution is -2.11. The van der Waals surface area contributed by atoms with E-state index in [1.807, 2.05) is 18.7 Å². The van der Waals surface area contributed by atoms with E-state index in [1.54, 1.807) is 0 Å². The number of ether oxygens (including phenoxy) is 1. The number of rotatable bonds is 14. The molecule has 21 heavy (non-hydrogen) atoms. The summed E-state index contributed by atoms with van der Waals surface area (Å²) in [6, 6.07) is 0.385. The van der Waals surface area contributed by atoms with E-state index in [9.17, 15) is 0 Å². The zero-order valence-corrected chi connectivity index (χ0v) is 14.1. The lowest BCUT2D eigenvalue weighted by atomic mass is 10.1. The minimum atomic E-state index is 0.385. The highest BCUT2D eigenvalue weighted by molar-refractivity contribution is 4.78. The molecule has 0 radical (unpaired) electrons. The third kappa shape index (κ3) is 9.67. The Labute approximate surface area is 131 Å². The Balaban J connectivity index is 1.78. The Morgan fingerprint density at radius 1 is 0.952 bits per heavy atom. The van der Waals surface area contributed by atoms with Crippen molar-refractivity contribution in [3.05, 3.63) is 18.7 Å². The van der Waals surface area contributed by atoms with Crippen molar-refractivity contribution in [1.82, 2.24) is 9.55 Å². The van der Waals surface area contributed by atoms with Gasteiger partial charge in [0.1, 0.15) is 0 Å². The molecule has 0 aliphatic heterocycles. The summed E-state index contributed by atoms with van der Waals surface area (Å²) in [5.41, 5.74) is 0. The summed E-state index contributed by atoms with van der Waals surface area (Å²) >= 11 is 0. The van der Waals surface area contributed by atoms with Crippen LogP contribution in [0.4, 0.5) is 0 Å². The molecule has 3 heteroatoms. The van der Waals surface area contributed by atoms with E-state index in [-0.39, 0.29) is 0 Å². The molecule has 0 spiro atoms. The molecule has 3 nitrogen and oxygen atoms in total. The molecule has 0 saturated carbocycles. The maximum absolute atomic E-state index is 5.74. The van der Waals surface area contributed by atoms with Crippen LogP contribution in [0.15, 0.2) is 18.7 Å². The Morgan fingerprint density at radius 2 is 1.57 bits per heavy atom. The van der Waals surface area contributed by atoms with E-state index >= 15 is 0 Å². The van der Waals surface area contributed by atoms with E-state index in [1.165, 1.54) is 64.2 Å². The monoisotopic (exact) mass is 294 g/mol. The number of imidazole rings is 1. The van der Waals surface area contributed by atoms with Crippen LogP contribution in [0.1, 0.15) is 84.1 Å². The van der Waals surface area contributed by atoms with Gasteiger partial charge in [0.2, 0.25) is 0 Å². The lowest BCUT2D eigenvalue weighted by molar-refractivity contribution is 0.104. The van der Waals surface area contributed by atoms with Crippen LogP contribution in [0.2, 0.25) is 0 Å². The lowest BCUT2D eigenvalue weighted by Gasteiger charge is -2.13. The largest absolute Gasteiger partial charge is 0.379 e. The van der Waals surface area contributed by atoms with Crippen LogP contribution in [0.5, 0.6) is 0 Å². The van der Waals surface area contributed by atoms with Gasteiger partial charge in [-0.05, 0) is 13.3 Å². The first-order chi connectivity index (χ1) is 10.3. The second kappa shape index (κ2) is 12.9. The van der Waals surface area contributed by atoms with Crippen LogP contribution in [0.3, 0.4) is 0 Å². The number of aromatic nitrogens is 2. The molecule has 122 valence electrons. The van der Waals surface area contributed by atoms with Gasteiger partial charge in [-0.1, -0.05) is 64.7 Å². The fourth-order valence-electron chi connectivity index (χ4n) is 2.56. The average molecular weight is 294 g/mol. The van der Waals surface area contributed by atoms with Crippen molar-refractivity contribution < 1.29 is 4.74 Å². The molecule has 0 amide bonds. The first kappa shape index (κ1) is 18.2. The molecule has 0 saturated heterocycles. The summed E-state index contributed by atoms with van der Waals surface area (Å²) in [5.74, 6) is 0. The van der Waals surface area contributed by atoms with Gasteiger partial charge in [0.25, 0.3) is 0 Å². The van der Waals surface area contributed by atoms with Crippen molar-refractivity contribution in [2.24, 2.45) is 0 Å². The minimum absolute atomic E-state index is 0.385. The zero-order chi connectivity index (χ0) is 15.2. The molecule has 0 unspecified atom stereocenters. The molecular formula is C18H34N2O. The van der Waals surface area contributed by atoms with Crippen molar-refractivity contribution in [3.63, 3.8) is 0 Å². The summed E-state index contributed by atoms with van der Waals surface area (Å²) in [5, 5.41) is 0. The number of hydrogen-bond donors (Lipinski definition) is 0. The van der Waals surface area contributed by atoms with Gasteiger partial charge in [0.15, 0.2) is 0 Å². The first-order valence-corrected chi connectivity index (χ1v) is 8.89. The van der Waals surface area contributed by atoms with Crippen LogP contribution < -0.4 is 0 Å². The number of hydrogen-bond acceptors (Lipinski definition) is 2. The normalized spacial score (nSPS) is 12.7. The highest BCUT2D eigenvalue weighted by atomic mass is 16.5. The second-order valence-electron chi connectivity index (χ2n) is 6.12. The highest BCUT2D eigenvalue weighted by Gasteiger charge is 2.02. The van der Waals surface area contributed by atoms with Gasteiger partial charge in [-0.15, -0.1) is 0 Å². The van der Waals surface area contributed by atoms with Crippen molar-refractivity contribution in [2.75, 3.05) is 13.2 Å². The van der Waals surface area contributed by atoms with Crippen molar-refractivity contribution in [1.29, 1.82) is 0 Å². The Bertz CT molecular complexity index is 311. The molecule has 0 fully saturated rings. The van der Waals surface area contributed by atoms with E-state index in [0.717, 1.165) is 13.2 Å². The summed E-state index contributed by atoms with van der Waals surface area (Å²) < 4.78 is 7.84. The average Bonchev–Trinajstić information content (AvgIpc) is 3.02. The Hall–Kier alpha value is -0.830. The summed E-state index contributed by atoms with van der Waals surface area (Å²) in [4.78, 5) is 4.06. The maximum atomic E-state index is 5.74. The van der Waals surface area contributed by atoms with Crippen LogP contribution >= 0.6 is 0 Å². The molecule has 1 aromatic heterocycles. The summed E-state index contributed by atoms with van der Waals surface area (Å²) in [7, 11) is 0. The van der Waals surface area contributed by atoms with Crippen LogP contribution in [0.25, 0.3) is 0 Å². The molecule has 0 aliphatic rings. The molecule has 0 aliphatic carbocycles. The molecular weight excluding hydrogens is 260 g/mol. The fraction of sp³-hybridized carbons (Fsp3) is 0.833. The van der Waals surface area contributed by atoms with Gasteiger partial charge >= 0.3 is 0 Å². The van der Waals surface area contributed by atoms with Crippen LogP contribution in [-0.2, 0) is 4.74 Å². The molecule has 1 aromatic rings. The van der Waals surface area contributed by atoms with Gasteiger partial charge in [-0.2, -0.15) is 0 Å². The Morgan fingerprint density at radius 3 is 2.14 bits per heavy atom. The van der Waals surface area contributed by atoms with Gasteiger partial charge in [-0.3, -0.25) is 0 Å². The molecule has 0 aromatic carbocycles. The van der Waals surface area contributed by atoms with Gasteiger partial charge in [0.05, 0.1) is 19.0 Å². The van der Waals surface area contributed by atoms with Crippen molar-refractivity contribution >= 4 is 0 Å².